The van der Waals surface area contributed by atoms with Crippen LogP contribution >= 0.6 is 34.8 Å². The maximum Gasteiger partial charge on any atom is 0.280 e. The zero-order valence-electron chi connectivity index (χ0n) is 14.1. The average molecular weight is 420 g/mol. The SMILES string of the molecule is CN(C)CCCNc1nc(-c2ccccc2[N+](=O)[O-])nc(C(Cl)(Cl)Cl)n1. The largest absolute Gasteiger partial charge is 0.354 e. The van der Waals surface area contributed by atoms with Crippen LogP contribution in [0, 0.1) is 10.1 Å². The second-order valence-corrected chi connectivity index (χ2v) is 7.94. The Morgan fingerprint density at radius 2 is 1.88 bits per heavy atom. The summed E-state index contributed by atoms with van der Waals surface area (Å²) in [6.45, 7) is 1.45. The quantitative estimate of drug-likeness (QED) is 0.317. The molecule has 0 aliphatic rings. The number of hydrogen-bond donors (Lipinski definition) is 1. The van der Waals surface area contributed by atoms with Gasteiger partial charge < -0.3 is 10.2 Å². The average Bonchev–Trinajstić information content (AvgIpc) is 2.57. The molecule has 0 atom stereocenters. The zero-order valence-corrected chi connectivity index (χ0v) is 16.4. The van der Waals surface area contributed by atoms with Gasteiger partial charge in [-0.25, -0.2) is 4.98 Å². The molecule has 2 rings (SSSR count). The van der Waals surface area contributed by atoms with E-state index < -0.39 is 8.72 Å². The highest BCUT2D eigenvalue weighted by Gasteiger charge is 2.29. The second kappa shape index (κ2) is 8.77. The fourth-order valence-corrected chi connectivity index (χ4v) is 2.37. The van der Waals surface area contributed by atoms with Crippen molar-refractivity contribution >= 4 is 46.4 Å². The number of rotatable bonds is 7. The molecule has 0 bridgehead atoms. The summed E-state index contributed by atoms with van der Waals surface area (Å²) in [7, 11) is 3.94. The Labute approximate surface area is 165 Å². The third kappa shape index (κ3) is 5.63. The van der Waals surface area contributed by atoms with Gasteiger partial charge in [-0.2, -0.15) is 9.97 Å². The molecule has 0 spiro atoms. The monoisotopic (exact) mass is 418 g/mol. The van der Waals surface area contributed by atoms with Gasteiger partial charge >= 0.3 is 0 Å². The van der Waals surface area contributed by atoms with Crippen molar-refractivity contribution in [1.82, 2.24) is 19.9 Å². The van der Waals surface area contributed by atoms with E-state index in [-0.39, 0.29) is 28.8 Å². The van der Waals surface area contributed by atoms with Gasteiger partial charge in [0.2, 0.25) is 9.74 Å². The fraction of sp³-hybridized carbons (Fsp3) is 0.400. The summed E-state index contributed by atoms with van der Waals surface area (Å²) in [5.74, 6) is 0.137. The Morgan fingerprint density at radius 1 is 1.19 bits per heavy atom. The smallest absolute Gasteiger partial charge is 0.280 e. The molecule has 26 heavy (non-hydrogen) atoms. The lowest BCUT2D eigenvalue weighted by Gasteiger charge is -2.14. The molecule has 140 valence electrons. The van der Waals surface area contributed by atoms with Crippen LogP contribution in [0.5, 0.6) is 0 Å². The Morgan fingerprint density at radius 3 is 2.50 bits per heavy atom. The van der Waals surface area contributed by atoms with E-state index in [2.05, 4.69) is 20.3 Å². The number of hydrogen-bond acceptors (Lipinski definition) is 7. The molecule has 1 aromatic heterocycles. The van der Waals surface area contributed by atoms with Gasteiger partial charge in [-0.3, -0.25) is 10.1 Å². The number of nitrogens with zero attached hydrogens (tertiary/aromatic N) is 5. The minimum Gasteiger partial charge on any atom is -0.354 e. The maximum atomic E-state index is 11.3. The Kier molecular flexibility index (Phi) is 6.94. The van der Waals surface area contributed by atoms with Crippen molar-refractivity contribution in [2.45, 2.75) is 10.2 Å². The number of para-hydroxylation sites is 1. The van der Waals surface area contributed by atoms with Crippen molar-refractivity contribution in [2.75, 3.05) is 32.5 Å². The van der Waals surface area contributed by atoms with Crippen LogP contribution in [0.3, 0.4) is 0 Å². The molecule has 0 aliphatic carbocycles. The van der Waals surface area contributed by atoms with Crippen LogP contribution in [-0.2, 0) is 3.79 Å². The van der Waals surface area contributed by atoms with Crippen molar-refractivity contribution < 1.29 is 4.92 Å². The zero-order chi connectivity index (χ0) is 19.3. The van der Waals surface area contributed by atoms with E-state index in [9.17, 15) is 10.1 Å². The fourth-order valence-electron chi connectivity index (χ4n) is 2.12. The molecule has 0 unspecified atom stereocenters. The number of anilines is 1. The van der Waals surface area contributed by atoms with Crippen LogP contribution in [-0.4, -0.2) is 52.0 Å². The molecular weight excluding hydrogens is 403 g/mol. The van der Waals surface area contributed by atoms with Crippen LogP contribution in [0.1, 0.15) is 12.2 Å². The number of nitro benzene ring substituents is 1. The summed E-state index contributed by atoms with van der Waals surface area (Å²) >= 11 is 17.7. The van der Waals surface area contributed by atoms with E-state index in [1.807, 2.05) is 19.0 Å². The Bertz CT molecular complexity index is 782. The Hall–Kier alpha value is -1.74. The molecule has 0 aliphatic heterocycles. The first-order chi connectivity index (χ1) is 12.2. The Balaban J connectivity index is 2.40. The number of nitro groups is 1. The number of halogens is 3. The van der Waals surface area contributed by atoms with E-state index in [1.54, 1.807) is 12.1 Å². The normalized spacial score (nSPS) is 11.6. The summed E-state index contributed by atoms with van der Waals surface area (Å²) < 4.78 is -1.89. The van der Waals surface area contributed by atoms with Gasteiger partial charge in [0.1, 0.15) is 0 Å². The molecule has 1 N–H and O–H groups in total. The van der Waals surface area contributed by atoms with Crippen molar-refractivity contribution in [2.24, 2.45) is 0 Å². The summed E-state index contributed by atoms with van der Waals surface area (Å²) in [6, 6.07) is 6.09. The van der Waals surface area contributed by atoms with Crippen molar-refractivity contribution in [3.63, 3.8) is 0 Å². The van der Waals surface area contributed by atoms with Gasteiger partial charge in [0.15, 0.2) is 11.6 Å². The number of alkyl halides is 3. The number of aromatic nitrogens is 3. The predicted molar refractivity (Wildman–Crippen MR) is 103 cm³/mol. The first-order valence-corrected chi connectivity index (χ1v) is 8.77. The van der Waals surface area contributed by atoms with E-state index in [4.69, 9.17) is 34.8 Å². The lowest BCUT2D eigenvalue weighted by Crippen LogP contribution is -2.18. The van der Waals surface area contributed by atoms with Gasteiger partial charge in [0.05, 0.1) is 10.5 Å². The van der Waals surface area contributed by atoms with Crippen LogP contribution in [0.4, 0.5) is 11.6 Å². The van der Waals surface area contributed by atoms with E-state index in [0.717, 1.165) is 13.0 Å². The van der Waals surface area contributed by atoms with Gasteiger partial charge in [-0.15, -0.1) is 0 Å². The third-order valence-electron chi connectivity index (χ3n) is 3.30. The predicted octanol–water partition coefficient (Wildman–Crippen LogP) is 3.64. The number of nitrogens with one attached hydrogen (secondary N) is 1. The van der Waals surface area contributed by atoms with Gasteiger partial charge in [0.25, 0.3) is 5.69 Å². The minimum absolute atomic E-state index is 0.0590. The summed E-state index contributed by atoms with van der Waals surface area (Å²) in [5.41, 5.74) is 0.0688. The molecule has 0 saturated heterocycles. The number of benzene rings is 1. The van der Waals surface area contributed by atoms with Gasteiger partial charge in [-0.05, 0) is 33.1 Å². The van der Waals surface area contributed by atoms with Gasteiger partial charge in [-0.1, -0.05) is 46.9 Å². The third-order valence-corrected chi connectivity index (χ3v) is 3.80. The molecule has 11 heteroatoms. The van der Waals surface area contributed by atoms with Crippen LogP contribution in [0.25, 0.3) is 11.4 Å². The van der Waals surface area contributed by atoms with Crippen molar-refractivity contribution in [3.05, 3.63) is 40.2 Å². The molecule has 1 aromatic carbocycles. The van der Waals surface area contributed by atoms with E-state index in [0.29, 0.717) is 6.54 Å². The lowest BCUT2D eigenvalue weighted by atomic mass is 10.1. The van der Waals surface area contributed by atoms with Crippen LogP contribution in [0.2, 0.25) is 0 Å². The molecular formula is C15H17Cl3N6O2. The highest BCUT2D eigenvalue weighted by Crippen LogP contribution is 2.37. The minimum atomic E-state index is -1.89. The topological polar surface area (TPSA) is 97.1 Å². The first-order valence-electron chi connectivity index (χ1n) is 7.64. The second-order valence-electron chi connectivity index (χ2n) is 5.66. The molecule has 0 fully saturated rings. The summed E-state index contributed by atoms with van der Waals surface area (Å²) in [5, 5.41) is 14.3. The van der Waals surface area contributed by atoms with Crippen molar-refractivity contribution in [1.29, 1.82) is 0 Å². The van der Waals surface area contributed by atoms with E-state index in [1.165, 1.54) is 12.1 Å². The van der Waals surface area contributed by atoms with Crippen LogP contribution in [0.15, 0.2) is 24.3 Å². The molecule has 2 aromatic rings. The molecule has 0 amide bonds. The molecule has 1 heterocycles. The van der Waals surface area contributed by atoms with Crippen molar-refractivity contribution in [3.8, 4) is 11.4 Å². The van der Waals surface area contributed by atoms with Gasteiger partial charge in [0, 0.05) is 12.6 Å². The maximum absolute atomic E-state index is 11.3. The standard InChI is InChI=1S/C15H17Cl3N6O2/c1-23(2)9-5-8-19-14-21-12(20-13(22-14)15(16,17)18)10-6-3-4-7-11(10)24(25)26/h3-4,6-7H,5,8-9H2,1-2H3,(H,19,20,21,22). The van der Waals surface area contributed by atoms with E-state index >= 15 is 0 Å². The molecule has 8 nitrogen and oxygen atoms in total. The lowest BCUT2D eigenvalue weighted by molar-refractivity contribution is -0.384. The first kappa shape index (κ1) is 20.6. The molecule has 0 radical (unpaired) electrons. The summed E-state index contributed by atoms with van der Waals surface area (Å²) in [4.78, 5) is 25.3. The highest BCUT2D eigenvalue weighted by molar-refractivity contribution is 6.66. The van der Waals surface area contributed by atoms with Crippen LogP contribution < -0.4 is 5.32 Å². The highest BCUT2D eigenvalue weighted by atomic mass is 35.6. The molecule has 0 saturated carbocycles. The summed E-state index contributed by atoms with van der Waals surface area (Å²) in [6.07, 6.45) is 0.836.